The fraction of sp³-hybridized carbons (Fsp3) is 0.929. The van der Waals surface area contributed by atoms with Crippen LogP contribution >= 0.6 is 0 Å². The van der Waals surface area contributed by atoms with E-state index in [-0.39, 0.29) is 17.4 Å². The first-order valence-electron chi connectivity index (χ1n) is 6.79. The van der Waals surface area contributed by atoms with Crippen LogP contribution in [0.1, 0.15) is 53.4 Å². The van der Waals surface area contributed by atoms with Gasteiger partial charge in [-0.15, -0.1) is 0 Å². The first-order chi connectivity index (χ1) is 7.95. The lowest BCUT2D eigenvalue weighted by Crippen LogP contribution is -2.13. The molecule has 0 spiro atoms. The van der Waals surface area contributed by atoms with Gasteiger partial charge in [0.25, 0.3) is 0 Å². The van der Waals surface area contributed by atoms with E-state index >= 15 is 0 Å². The summed E-state index contributed by atoms with van der Waals surface area (Å²) in [6, 6.07) is 0. The van der Waals surface area contributed by atoms with Crippen LogP contribution in [-0.4, -0.2) is 23.8 Å². The van der Waals surface area contributed by atoms with Crippen LogP contribution in [0.25, 0.3) is 0 Å². The minimum Gasteiger partial charge on any atom is -0.481 e. The summed E-state index contributed by atoms with van der Waals surface area (Å²) in [4.78, 5) is 11.0. The van der Waals surface area contributed by atoms with E-state index in [1.165, 1.54) is 19.3 Å². The van der Waals surface area contributed by atoms with E-state index in [9.17, 15) is 4.79 Å². The van der Waals surface area contributed by atoms with Crippen molar-refractivity contribution in [2.75, 3.05) is 6.61 Å². The highest BCUT2D eigenvalue weighted by Crippen LogP contribution is 2.54. The zero-order valence-corrected chi connectivity index (χ0v) is 11.5. The summed E-state index contributed by atoms with van der Waals surface area (Å²) in [6.45, 7) is 9.04. The van der Waals surface area contributed by atoms with Crippen molar-refractivity contribution in [2.45, 2.75) is 59.5 Å². The molecule has 0 aromatic rings. The Morgan fingerprint density at radius 1 is 1.41 bits per heavy atom. The molecular formula is C14H26O3. The van der Waals surface area contributed by atoms with E-state index in [0.717, 1.165) is 6.42 Å². The summed E-state index contributed by atoms with van der Waals surface area (Å²) in [5, 5.41) is 9.04. The van der Waals surface area contributed by atoms with Crippen LogP contribution in [0.4, 0.5) is 0 Å². The van der Waals surface area contributed by atoms with Gasteiger partial charge in [0.05, 0.1) is 12.0 Å². The standard InChI is InChI=1S/C14H26O3/c1-5-7-8-10(6-2)9-17-12-11(13(15)16)14(12,3)4/h10-12H,5-9H2,1-4H3,(H,15,16). The smallest absolute Gasteiger partial charge is 0.309 e. The molecule has 0 radical (unpaired) electrons. The van der Waals surface area contributed by atoms with Gasteiger partial charge < -0.3 is 9.84 Å². The lowest BCUT2D eigenvalue weighted by Gasteiger charge is -2.15. The van der Waals surface area contributed by atoms with Gasteiger partial charge in [-0.25, -0.2) is 0 Å². The van der Waals surface area contributed by atoms with Gasteiger partial charge in [0, 0.05) is 12.0 Å². The predicted octanol–water partition coefficient (Wildman–Crippen LogP) is 3.33. The number of carboxylic acids is 1. The second-order valence-corrected chi connectivity index (χ2v) is 5.81. The lowest BCUT2D eigenvalue weighted by molar-refractivity contribution is -0.140. The second-order valence-electron chi connectivity index (χ2n) is 5.81. The molecule has 1 rings (SSSR count). The number of unbranched alkanes of at least 4 members (excludes halogenated alkanes) is 1. The van der Waals surface area contributed by atoms with Crippen LogP contribution in [-0.2, 0) is 9.53 Å². The summed E-state index contributed by atoms with van der Waals surface area (Å²) in [5.74, 6) is -0.450. The molecule has 1 N–H and O–H groups in total. The monoisotopic (exact) mass is 242 g/mol. The SMILES string of the molecule is CCCCC(CC)COC1C(C(=O)O)C1(C)C. The van der Waals surface area contributed by atoms with E-state index in [1.807, 2.05) is 13.8 Å². The van der Waals surface area contributed by atoms with Crippen molar-refractivity contribution in [3.8, 4) is 0 Å². The third kappa shape index (κ3) is 3.44. The van der Waals surface area contributed by atoms with Crippen LogP contribution in [0.2, 0.25) is 0 Å². The molecule has 1 saturated carbocycles. The summed E-state index contributed by atoms with van der Waals surface area (Å²) >= 11 is 0. The van der Waals surface area contributed by atoms with Crippen LogP contribution in [0, 0.1) is 17.3 Å². The van der Waals surface area contributed by atoms with Crippen molar-refractivity contribution in [3.05, 3.63) is 0 Å². The van der Waals surface area contributed by atoms with Crippen molar-refractivity contribution in [1.82, 2.24) is 0 Å². The number of aliphatic carboxylic acids is 1. The molecule has 3 atom stereocenters. The first kappa shape index (κ1) is 14.5. The summed E-state index contributed by atoms with van der Waals surface area (Å²) in [5.41, 5.74) is -0.186. The molecule has 0 bridgehead atoms. The molecule has 0 aromatic carbocycles. The molecule has 0 aromatic heterocycles. The fourth-order valence-corrected chi connectivity index (χ4v) is 2.49. The van der Waals surface area contributed by atoms with Crippen molar-refractivity contribution in [1.29, 1.82) is 0 Å². The van der Waals surface area contributed by atoms with Crippen LogP contribution in [0.5, 0.6) is 0 Å². The summed E-state index contributed by atoms with van der Waals surface area (Å²) in [6.07, 6.45) is 4.67. The van der Waals surface area contributed by atoms with Gasteiger partial charge in [0.2, 0.25) is 0 Å². The van der Waals surface area contributed by atoms with Gasteiger partial charge in [-0.3, -0.25) is 4.79 Å². The molecule has 1 aliphatic rings. The molecule has 0 heterocycles. The quantitative estimate of drug-likeness (QED) is 0.710. The van der Waals surface area contributed by atoms with Crippen LogP contribution in [0.3, 0.4) is 0 Å². The minimum atomic E-state index is -0.721. The summed E-state index contributed by atoms with van der Waals surface area (Å²) in [7, 11) is 0. The zero-order valence-electron chi connectivity index (χ0n) is 11.5. The van der Waals surface area contributed by atoms with E-state index < -0.39 is 5.97 Å². The zero-order chi connectivity index (χ0) is 13.1. The number of hydrogen-bond acceptors (Lipinski definition) is 2. The van der Waals surface area contributed by atoms with Gasteiger partial charge in [0.15, 0.2) is 0 Å². The molecule has 3 nitrogen and oxygen atoms in total. The summed E-state index contributed by atoms with van der Waals surface area (Å²) < 4.78 is 5.81. The lowest BCUT2D eigenvalue weighted by atomic mass is 10.0. The second kappa shape index (κ2) is 5.85. The van der Waals surface area contributed by atoms with E-state index in [1.54, 1.807) is 0 Å². The minimum absolute atomic E-state index is 0.0873. The maximum Gasteiger partial charge on any atom is 0.309 e. The molecule has 0 amide bonds. The number of hydrogen-bond donors (Lipinski definition) is 1. The Labute approximate surface area is 105 Å². The molecule has 1 aliphatic carbocycles. The van der Waals surface area contributed by atoms with E-state index in [4.69, 9.17) is 9.84 Å². The van der Waals surface area contributed by atoms with E-state index in [2.05, 4.69) is 13.8 Å². The van der Waals surface area contributed by atoms with Crippen molar-refractivity contribution in [3.63, 3.8) is 0 Å². The highest BCUT2D eigenvalue weighted by atomic mass is 16.5. The van der Waals surface area contributed by atoms with Crippen LogP contribution < -0.4 is 0 Å². The van der Waals surface area contributed by atoms with Crippen molar-refractivity contribution >= 4 is 5.97 Å². The largest absolute Gasteiger partial charge is 0.481 e. The Morgan fingerprint density at radius 2 is 2.06 bits per heavy atom. The highest BCUT2D eigenvalue weighted by Gasteiger charge is 2.63. The molecular weight excluding hydrogens is 216 g/mol. The maximum atomic E-state index is 11.0. The molecule has 3 unspecified atom stereocenters. The maximum absolute atomic E-state index is 11.0. The molecule has 0 aliphatic heterocycles. The fourth-order valence-electron chi connectivity index (χ4n) is 2.49. The number of ether oxygens (including phenoxy) is 1. The topological polar surface area (TPSA) is 46.5 Å². The van der Waals surface area contributed by atoms with Crippen LogP contribution in [0.15, 0.2) is 0 Å². The number of rotatable bonds is 8. The molecule has 100 valence electrons. The molecule has 17 heavy (non-hydrogen) atoms. The Balaban J connectivity index is 2.33. The highest BCUT2D eigenvalue weighted by molar-refractivity contribution is 5.76. The number of carbonyl (C=O) groups is 1. The molecule has 1 fully saturated rings. The van der Waals surface area contributed by atoms with Gasteiger partial charge in [-0.1, -0.05) is 47.0 Å². The predicted molar refractivity (Wildman–Crippen MR) is 68.0 cm³/mol. The Kier molecular flexibility index (Phi) is 4.99. The van der Waals surface area contributed by atoms with Gasteiger partial charge in [-0.05, 0) is 12.3 Å². The Morgan fingerprint density at radius 3 is 2.47 bits per heavy atom. The third-order valence-electron chi connectivity index (χ3n) is 4.05. The van der Waals surface area contributed by atoms with E-state index in [0.29, 0.717) is 12.5 Å². The third-order valence-corrected chi connectivity index (χ3v) is 4.05. The van der Waals surface area contributed by atoms with Crippen molar-refractivity contribution < 1.29 is 14.6 Å². The van der Waals surface area contributed by atoms with Gasteiger partial charge >= 0.3 is 5.97 Å². The average Bonchev–Trinajstić information content (AvgIpc) is 2.81. The Bertz CT molecular complexity index is 260. The molecule has 3 heteroatoms. The van der Waals surface area contributed by atoms with Crippen molar-refractivity contribution in [2.24, 2.45) is 17.3 Å². The first-order valence-corrected chi connectivity index (χ1v) is 6.79. The number of carboxylic acid groups (broad SMARTS) is 1. The average molecular weight is 242 g/mol. The van der Waals surface area contributed by atoms with Gasteiger partial charge in [0.1, 0.15) is 0 Å². The normalized spacial score (nSPS) is 27.8. The van der Waals surface area contributed by atoms with Gasteiger partial charge in [-0.2, -0.15) is 0 Å². The Hall–Kier alpha value is -0.570. The molecule has 0 saturated heterocycles.